The van der Waals surface area contributed by atoms with Crippen LogP contribution in [0.3, 0.4) is 0 Å². The highest BCUT2D eigenvalue weighted by Crippen LogP contribution is 2.27. The average Bonchev–Trinajstić information content (AvgIpc) is 2.61. The minimum absolute atomic E-state index is 0.0151. The normalized spacial score (nSPS) is 14.7. The number of piperazine rings is 1. The zero-order chi connectivity index (χ0) is 16.2. The number of para-hydroxylation sites is 2. The summed E-state index contributed by atoms with van der Waals surface area (Å²) in [6, 6.07) is 15.2. The number of benzene rings is 2. The number of hydrogen-bond donors (Lipinski definition) is 0. The molecule has 3 rings (SSSR count). The maximum atomic E-state index is 12.7. The van der Waals surface area contributed by atoms with E-state index in [1.807, 2.05) is 53.4 Å². The molecule has 0 unspecified atom stereocenters. The number of methoxy groups -OCH3 is 1. The topological polar surface area (TPSA) is 32.8 Å². The Morgan fingerprint density at radius 2 is 1.65 bits per heavy atom. The Kier molecular flexibility index (Phi) is 4.72. The van der Waals surface area contributed by atoms with Crippen molar-refractivity contribution in [1.29, 1.82) is 0 Å². The van der Waals surface area contributed by atoms with Gasteiger partial charge in [-0.15, -0.1) is 0 Å². The van der Waals surface area contributed by atoms with Crippen LogP contribution in [0.25, 0.3) is 0 Å². The molecule has 23 heavy (non-hydrogen) atoms. The Labute approximate surface area is 141 Å². The Morgan fingerprint density at radius 3 is 2.35 bits per heavy atom. The van der Waals surface area contributed by atoms with Crippen molar-refractivity contribution >= 4 is 23.2 Å². The third-order valence-corrected chi connectivity index (χ3v) is 4.42. The summed E-state index contributed by atoms with van der Waals surface area (Å²) in [5.74, 6) is 0.632. The van der Waals surface area contributed by atoms with Crippen LogP contribution in [0.4, 0.5) is 5.69 Å². The van der Waals surface area contributed by atoms with Gasteiger partial charge in [-0.1, -0.05) is 35.9 Å². The highest BCUT2D eigenvalue weighted by molar-refractivity contribution is 6.33. The molecule has 120 valence electrons. The molecule has 0 N–H and O–H groups in total. The molecule has 0 bridgehead atoms. The highest BCUT2D eigenvalue weighted by Gasteiger charge is 2.24. The van der Waals surface area contributed by atoms with Gasteiger partial charge in [0.05, 0.1) is 23.4 Å². The number of amides is 1. The lowest BCUT2D eigenvalue weighted by Crippen LogP contribution is -2.48. The predicted molar refractivity (Wildman–Crippen MR) is 92.6 cm³/mol. The van der Waals surface area contributed by atoms with Crippen molar-refractivity contribution in [1.82, 2.24) is 4.90 Å². The molecule has 1 amide bonds. The molecule has 2 aromatic rings. The van der Waals surface area contributed by atoms with Crippen LogP contribution >= 0.6 is 11.6 Å². The van der Waals surface area contributed by atoms with E-state index in [4.69, 9.17) is 16.3 Å². The predicted octanol–water partition coefficient (Wildman–Crippen LogP) is 3.31. The van der Waals surface area contributed by atoms with E-state index in [9.17, 15) is 4.79 Å². The highest BCUT2D eigenvalue weighted by atomic mass is 35.5. The van der Waals surface area contributed by atoms with Crippen LogP contribution < -0.4 is 9.64 Å². The number of rotatable bonds is 3. The number of anilines is 1. The number of carbonyl (C=O) groups excluding carboxylic acids is 1. The molecule has 0 aromatic heterocycles. The molecule has 0 saturated carbocycles. The zero-order valence-electron chi connectivity index (χ0n) is 13.0. The summed E-state index contributed by atoms with van der Waals surface area (Å²) in [7, 11) is 1.58. The molecule has 1 aliphatic rings. The van der Waals surface area contributed by atoms with Gasteiger partial charge >= 0.3 is 0 Å². The van der Waals surface area contributed by atoms with Gasteiger partial charge in [-0.25, -0.2) is 0 Å². The van der Waals surface area contributed by atoms with E-state index in [0.717, 1.165) is 23.8 Å². The van der Waals surface area contributed by atoms with E-state index in [0.29, 0.717) is 24.4 Å². The van der Waals surface area contributed by atoms with Crippen LogP contribution in [0.1, 0.15) is 10.4 Å². The second-order valence-electron chi connectivity index (χ2n) is 5.43. The van der Waals surface area contributed by atoms with E-state index in [-0.39, 0.29) is 5.91 Å². The van der Waals surface area contributed by atoms with Gasteiger partial charge < -0.3 is 14.5 Å². The van der Waals surface area contributed by atoms with E-state index in [1.54, 1.807) is 7.11 Å². The smallest absolute Gasteiger partial charge is 0.257 e. The molecule has 0 spiro atoms. The Hall–Kier alpha value is -2.20. The minimum Gasteiger partial charge on any atom is -0.496 e. The standard InChI is InChI=1S/C18H19ClN2O2/c1-23-17-9-5-2-6-14(17)18(22)21-12-10-20(11-13-21)16-8-4-3-7-15(16)19/h2-9H,10-13H2,1H3. The summed E-state index contributed by atoms with van der Waals surface area (Å²) in [5.41, 5.74) is 1.64. The molecule has 1 aliphatic heterocycles. The first-order valence-electron chi connectivity index (χ1n) is 7.62. The maximum absolute atomic E-state index is 12.7. The van der Waals surface area contributed by atoms with E-state index < -0.39 is 0 Å². The van der Waals surface area contributed by atoms with Gasteiger partial charge in [0, 0.05) is 26.2 Å². The summed E-state index contributed by atoms with van der Waals surface area (Å²) in [6.45, 7) is 2.87. The number of carbonyl (C=O) groups is 1. The SMILES string of the molecule is COc1ccccc1C(=O)N1CCN(c2ccccc2Cl)CC1. The fraction of sp³-hybridized carbons (Fsp3) is 0.278. The Balaban J connectivity index is 1.69. The Morgan fingerprint density at radius 1 is 1.00 bits per heavy atom. The quantitative estimate of drug-likeness (QED) is 0.865. The fourth-order valence-corrected chi connectivity index (χ4v) is 3.11. The van der Waals surface area contributed by atoms with Crippen LogP contribution in [0.2, 0.25) is 5.02 Å². The maximum Gasteiger partial charge on any atom is 0.257 e. The van der Waals surface area contributed by atoms with Crippen LogP contribution in [-0.2, 0) is 0 Å². The first-order chi connectivity index (χ1) is 11.2. The summed E-state index contributed by atoms with van der Waals surface area (Å²) >= 11 is 6.25. The minimum atomic E-state index is 0.0151. The van der Waals surface area contributed by atoms with Crippen LogP contribution in [0.5, 0.6) is 5.75 Å². The molecule has 0 aliphatic carbocycles. The molecule has 0 radical (unpaired) electrons. The van der Waals surface area contributed by atoms with Crippen molar-refractivity contribution < 1.29 is 9.53 Å². The lowest BCUT2D eigenvalue weighted by molar-refractivity contribution is 0.0743. The number of halogens is 1. The molecule has 1 heterocycles. The summed E-state index contributed by atoms with van der Waals surface area (Å²) < 4.78 is 5.29. The Bertz CT molecular complexity index is 697. The van der Waals surface area contributed by atoms with Gasteiger partial charge in [0.25, 0.3) is 5.91 Å². The third-order valence-electron chi connectivity index (χ3n) is 4.10. The largest absolute Gasteiger partial charge is 0.496 e. The van der Waals surface area contributed by atoms with E-state index >= 15 is 0 Å². The van der Waals surface area contributed by atoms with Gasteiger partial charge in [-0.2, -0.15) is 0 Å². The van der Waals surface area contributed by atoms with Crippen LogP contribution in [0, 0.1) is 0 Å². The zero-order valence-corrected chi connectivity index (χ0v) is 13.8. The van der Waals surface area contributed by atoms with Gasteiger partial charge in [0.1, 0.15) is 5.75 Å². The first-order valence-corrected chi connectivity index (χ1v) is 8.00. The summed E-state index contributed by atoms with van der Waals surface area (Å²) in [6.07, 6.45) is 0. The average molecular weight is 331 g/mol. The number of ether oxygens (including phenoxy) is 1. The first kappa shape index (κ1) is 15.7. The third kappa shape index (κ3) is 3.27. The van der Waals surface area contributed by atoms with E-state index in [1.165, 1.54) is 0 Å². The van der Waals surface area contributed by atoms with Crippen LogP contribution in [0.15, 0.2) is 48.5 Å². The lowest BCUT2D eigenvalue weighted by Gasteiger charge is -2.36. The fourth-order valence-electron chi connectivity index (χ4n) is 2.85. The molecule has 5 heteroatoms. The molecular formula is C18H19ClN2O2. The van der Waals surface area contributed by atoms with Crippen molar-refractivity contribution in [3.05, 3.63) is 59.1 Å². The molecular weight excluding hydrogens is 312 g/mol. The summed E-state index contributed by atoms with van der Waals surface area (Å²) in [5, 5.41) is 0.747. The lowest BCUT2D eigenvalue weighted by atomic mass is 10.1. The number of hydrogen-bond acceptors (Lipinski definition) is 3. The second kappa shape index (κ2) is 6.92. The monoisotopic (exact) mass is 330 g/mol. The van der Waals surface area contributed by atoms with Crippen molar-refractivity contribution in [2.75, 3.05) is 38.2 Å². The van der Waals surface area contributed by atoms with Crippen LogP contribution in [-0.4, -0.2) is 44.1 Å². The van der Waals surface area contributed by atoms with Gasteiger partial charge in [0.15, 0.2) is 0 Å². The van der Waals surface area contributed by atoms with Gasteiger partial charge in [-0.3, -0.25) is 4.79 Å². The summed E-state index contributed by atoms with van der Waals surface area (Å²) in [4.78, 5) is 16.8. The molecule has 1 fully saturated rings. The second-order valence-corrected chi connectivity index (χ2v) is 5.84. The van der Waals surface area contributed by atoms with Crippen molar-refractivity contribution in [2.45, 2.75) is 0 Å². The van der Waals surface area contributed by atoms with Gasteiger partial charge in [-0.05, 0) is 24.3 Å². The molecule has 1 saturated heterocycles. The van der Waals surface area contributed by atoms with Crippen molar-refractivity contribution in [2.24, 2.45) is 0 Å². The van der Waals surface area contributed by atoms with E-state index in [2.05, 4.69) is 4.90 Å². The van der Waals surface area contributed by atoms with Crippen molar-refractivity contribution in [3.8, 4) is 5.75 Å². The number of nitrogens with zero attached hydrogens (tertiary/aromatic N) is 2. The molecule has 2 aromatic carbocycles. The molecule has 0 atom stereocenters. The molecule has 4 nitrogen and oxygen atoms in total. The van der Waals surface area contributed by atoms with Crippen molar-refractivity contribution in [3.63, 3.8) is 0 Å². The van der Waals surface area contributed by atoms with Gasteiger partial charge in [0.2, 0.25) is 0 Å².